The van der Waals surface area contributed by atoms with Crippen LogP contribution in [0.3, 0.4) is 0 Å². The fourth-order valence-corrected chi connectivity index (χ4v) is 1.39. The first kappa shape index (κ1) is 11.5. The Bertz CT molecular complexity index is 329. The monoisotopic (exact) mass is 206 g/mol. The largest absolute Gasteiger partial charge is 0.341 e. The molecule has 0 amide bonds. The van der Waals surface area contributed by atoms with E-state index in [0.717, 1.165) is 6.54 Å². The Labute approximate surface area is 90.8 Å². The van der Waals surface area contributed by atoms with Gasteiger partial charge in [0.15, 0.2) is 0 Å². The molecule has 0 spiro atoms. The van der Waals surface area contributed by atoms with Crippen molar-refractivity contribution in [3.63, 3.8) is 0 Å². The normalized spacial score (nSPS) is 11.3. The van der Waals surface area contributed by atoms with E-state index in [-0.39, 0.29) is 0 Å². The zero-order valence-corrected chi connectivity index (χ0v) is 9.49. The van der Waals surface area contributed by atoms with E-state index in [1.165, 1.54) is 11.1 Å². The number of aryl methyl sites for hydroxylation is 1. The maximum atomic E-state index is 5.34. The Kier molecular flexibility index (Phi) is 4.12. The van der Waals surface area contributed by atoms with Crippen LogP contribution in [0.15, 0.2) is 29.3 Å². The molecule has 15 heavy (non-hydrogen) atoms. The van der Waals surface area contributed by atoms with E-state index in [2.05, 4.69) is 41.6 Å². The van der Waals surface area contributed by atoms with Crippen LogP contribution in [0.1, 0.15) is 11.1 Å². The minimum absolute atomic E-state index is 0.676. The van der Waals surface area contributed by atoms with Crippen LogP contribution in [-0.4, -0.2) is 25.0 Å². The van der Waals surface area contributed by atoms with Gasteiger partial charge in [-0.2, -0.15) is 0 Å². The summed E-state index contributed by atoms with van der Waals surface area (Å²) < 4.78 is 0. The van der Waals surface area contributed by atoms with Gasteiger partial charge in [-0.05, 0) is 12.5 Å². The molecular weight excluding hydrogens is 188 g/mol. The Morgan fingerprint density at radius 2 is 2.00 bits per heavy atom. The van der Waals surface area contributed by atoms with Crippen molar-refractivity contribution < 1.29 is 0 Å². The van der Waals surface area contributed by atoms with Gasteiger partial charge in [-0.25, -0.2) is 5.84 Å². The van der Waals surface area contributed by atoms with E-state index in [4.69, 9.17) is 5.84 Å². The smallest absolute Gasteiger partial charge is 0.208 e. The first-order valence-electron chi connectivity index (χ1n) is 4.87. The quantitative estimate of drug-likeness (QED) is 0.327. The van der Waals surface area contributed by atoms with Crippen molar-refractivity contribution in [2.24, 2.45) is 10.8 Å². The second-order valence-electron chi connectivity index (χ2n) is 3.53. The molecule has 82 valence electrons. The van der Waals surface area contributed by atoms with Gasteiger partial charge < -0.3 is 4.90 Å². The van der Waals surface area contributed by atoms with E-state index < -0.39 is 0 Å². The highest BCUT2D eigenvalue weighted by molar-refractivity contribution is 5.78. The fourth-order valence-electron chi connectivity index (χ4n) is 1.39. The van der Waals surface area contributed by atoms with Crippen molar-refractivity contribution >= 4 is 5.96 Å². The molecule has 1 aromatic rings. The van der Waals surface area contributed by atoms with Crippen molar-refractivity contribution in [1.29, 1.82) is 0 Å². The molecule has 0 saturated heterocycles. The Morgan fingerprint density at radius 3 is 2.47 bits per heavy atom. The van der Waals surface area contributed by atoms with E-state index >= 15 is 0 Å². The lowest BCUT2D eigenvalue weighted by atomic mass is 10.1. The van der Waals surface area contributed by atoms with Crippen molar-refractivity contribution in [3.05, 3.63) is 35.4 Å². The molecule has 0 aliphatic rings. The minimum Gasteiger partial charge on any atom is -0.341 e. The van der Waals surface area contributed by atoms with Crippen molar-refractivity contribution in [3.8, 4) is 0 Å². The molecule has 0 fully saturated rings. The summed E-state index contributed by atoms with van der Waals surface area (Å²) in [6.45, 7) is 2.87. The molecule has 0 aliphatic carbocycles. The average molecular weight is 206 g/mol. The molecule has 0 atom stereocenters. The molecule has 4 heteroatoms. The van der Waals surface area contributed by atoms with Crippen LogP contribution >= 0.6 is 0 Å². The second-order valence-corrected chi connectivity index (χ2v) is 3.53. The number of nitrogens with zero attached hydrogens (tertiary/aromatic N) is 2. The van der Waals surface area contributed by atoms with Gasteiger partial charge in [-0.3, -0.25) is 10.4 Å². The van der Waals surface area contributed by atoms with Gasteiger partial charge in [0.2, 0.25) is 5.96 Å². The predicted molar refractivity (Wildman–Crippen MR) is 63.3 cm³/mol. The maximum Gasteiger partial charge on any atom is 0.208 e. The van der Waals surface area contributed by atoms with Crippen molar-refractivity contribution in [1.82, 2.24) is 10.3 Å². The molecule has 3 N–H and O–H groups in total. The van der Waals surface area contributed by atoms with Gasteiger partial charge in [0, 0.05) is 20.6 Å². The van der Waals surface area contributed by atoms with E-state index in [1.807, 2.05) is 11.9 Å². The third-order valence-corrected chi connectivity index (χ3v) is 2.24. The lowest BCUT2D eigenvalue weighted by Crippen LogP contribution is -2.42. The Balaban J connectivity index is 2.65. The fraction of sp³-hybridized carbons (Fsp3) is 0.364. The molecule has 0 bridgehead atoms. The van der Waals surface area contributed by atoms with Crippen molar-refractivity contribution in [2.45, 2.75) is 13.5 Å². The van der Waals surface area contributed by atoms with Gasteiger partial charge in [0.05, 0.1) is 0 Å². The maximum absolute atomic E-state index is 5.34. The highest BCUT2D eigenvalue weighted by Crippen LogP contribution is 2.05. The molecule has 0 unspecified atom stereocenters. The highest BCUT2D eigenvalue weighted by atomic mass is 15.4. The molecule has 4 nitrogen and oxygen atoms in total. The van der Waals surface area contributed by atoms with Crippen molar-refractivity contribution in [2.75, 3.05) is 14.1 Å². The molecular formula is C11H18N4. The number of benzene rings is 1. The highest BCUT2D eigenvalue weighted by Gasteiger charge is 2.03. The molecule has 0 aliphatic heterocycles. The van der Waals surface area contributed by atoms with Gasteiger partial charge in [0.1, 0.15) is 0 Å². The Hall–Kier alpha value is -1.55. The molecule has 0 heterocycles. The summed E-state index contributed by atoms with van der Waals surface area (Å²) >= 11 is 0. The summed E-state index contributed by atoms with van der Waals surface area (Å²) in [7, 11) is 3.66. The second kappa shape index (κ2) is 5.36. The summed E-state index contributed by atoms with van der Waals surface area (Å²) in [4.78, 5) is 5.99. The third-order valence-electron chi connectivity index (χ3n) is 2.24. The molecule has 0 aromatic heterocycles. The lowest BCUT2D eigenvalue weighted by molar-refractivity contribution is 0.479. The summed E-state index contributed by atoms with van der Waals surface area (Å²) in [5, 5.41) is 0. The zero-order chi connectivity index (χ0) is 11.3. The van der Waals surface area contributed by atoms with Gasteiger partial charge in [0.25, 0.3) is 0 Å². The van der Waals surface area contributed by atoms with Crippen LogP contribution in [0.2, 0.25) is 0 Å². The summed E-state index contributed by atoms with van der Waals surface area (Å²) in [5.74, 6) is 6.02. The number of guanidine groups is 1. The number of nitrogens with two attached hydrogens (primary N) is 1. The first-order valence-corrected chi connectivity index (χ1v) is 4.87. The number of nitrogens with one attached hydrogen (secondary N) is 1. The van der Waals surface area contributed by atoms with E-state index in [1.54, 1.807) is 7.05 Å². The number of hydrogen-bond donors (Lipinski definition) is 2. The third kappa shape index (κ3) is 3.25. The average Bonchev–Trinajstić information content (AvgIpc) is 2.23. The molecule has 1 rings (SSSR count). The number of aliphatic imine (C=N–C) groups is 1. The van der Waals surface area contributed by atoms with Gasteiger partial charge in [-0.15, -0.1) is 0 Å². The van der Waals surface area contributed by atoms with Crippen LogP contribution in [-0.2, 0) is 6.54 Å². The Morgan fingerprint density at radius 1 is 1.40 bits per heavy atom. The number of rotatable bonds is 2. The summed E-state index contributed by atoms with van der Waals surface area (Å²) in [6, 6.07) is 8.41. The summed E-state index contributed by atoms with van der Waals surface area (Å²) in [6.07, 6.45) is 0. The van der Waals surface area contributed by atoms with Crippen LogP contribution in [0.25, 0.3) is 0 Å². The summed E-state index contributed by atoms with van der Waals surface area (Å²) in [5.41, 5.74) is 5.06. The molecule has 0 saturated carbocycles. The standard InChI is InChI=1S/C11H18N4/c1-9-4-6-10(7-5-9)8-15(3)11(13-2)14-12/h4-7H,8,12H2,1-3H3,(H,13,14). The lowest BCUT2D eigenvalue weighted by Gasteiger charge is -2.20. The van der Waals surface area contributed by atoms with Gasteiger partial charge >= 0.3 is 0 Å². The predicted octanol–water partition coefficient (Wildman–Crippen LogP) is 0.876. The topological polar surface area (TPSA) is 53.6 Å². The van der Waals surface area contributed by atoms with Crippen LogP contribution in [0.5, 0.6) is 0 Å². The van der Waals surface area contributed by atoms with Gasteiger partial charge in [-0.1, -0.05) is 29.8 Å². The van der Waals surface area contributed by atoms with Crippen LogP contribution < -0.4 is 11.3 Å². The molecule has 0 radical (unpaired) electrons. The SMILES string of the molecule is CN=C(NN)N(C)Cc1ccc(C)cc1. The first-order chi connectivity index (χ1) is 7.17. The zero-order valence-electron chi connectivity index (χ0n) is 9.49. The van der Waals surface area contributed by atoms with Crippen LogP contribution in [0, 0.1) is 6.92 Å². The number of hydrogen-bond acceptors (Lipinski definition) is 2. The number of hydrazine groups is 1. The minimum atomic E-state index is 0.676. The molecule has 1 aromatic carbocycles. The van der Waals surface area contributed by atoms with Crippen LogP contribution in [0.4, 0.5) is 0 Å². The van der Waals surface area contributed by atoms with E-state index in [0.29, 0.717) is 5.96 Å². The van der Waals surface area contributed by atoms with E-state index in [9.17, 15) is 0 Å².